The van der Waals surface area contributed by atoms with E-state index in [1.54, 1.807) is 0 Å². The predicted molar refractivity (Wildman–Crippen MR) is 123 cm³/mol. The first kappa shape index (κ1) is 20.9. The minimum absolute atomic E-state index is 0.0515. The van der Waals surface area contributed by atoms with Crippen molar-refractivity contribution in [2.45, 2.75) is 17.6 Å². The first-order valence-corrected chi connectivity index (χ1v) is 11.2. The van der Waals surface area contributed by atoms with Gasteiger partial charge >= 0.3 is 0 Å². The van der Waals surface area contributed by atoms with Crippen LogP contribution >= 0.6 is 11.8 Å². The van der Waals surface area contributed by atoms with Gasteiger partial charge < -0.3 is 9.73 Å². The second-order valence-corrected chi connectivity index (χ2v) is 7.97. The highest BCUT2D eigenvalue weighted by Gasteiger charge is 2.15. The van der Waals surface area contributed by atoms with Gasteiger partial charge in [0, 0.05) is 18.0 Å². The normalized spacial score (nSPS) is 10.9. The van der Waals surface area contributed by atoms with Crippen molar-refractivity contribution in [1.82, 2.24) is 15.5 Å². The van der Waals surface area contributed by atoms with Gasteiger partial charge in [0.15, 0.2) is 0 Å². The SMILES string of the molecule is O=C(CSc1nnc(-c2ccccc2)o1)NCCC(c1ccccc1)c1ccccc1. The van der Waals surface area contributed by atoms with Crippen LogP contribution in [0, 0.1) is 0 Å². The van der Waals surface area contributed by atoms with Crippen molar-refractivity contribution in [3.63, 3.8) is 0 Å². The van der Waals surface area contributed by atoms with Crippen molar-refractivity contribution in [1.29, 1.82) is 0 Å². The maximum absolute atomic E-state index is 12.3. The highest BCUT2D eigenvalue weighted by molar-refractivity contribution is 7.99. The van der Waals surface area contributed by atoms with E-state index >= 15 is 0 Å². The van der Waals surface area contributed by atoms with Gasteiger partial charge in [0.25, 0.3) is 5.22 Å². The fourth-order valence-electron chi connectivity index (χ4n) is 3.40. The van der Waals surface area contributed by atoms with Gasteiger partial charge in [-0.1, -0.05) is 90.6 Å². The van der Waals surface area contributed by atoms with Gasteiger partial charge in [-0.25, -0.2) is 0 Å². The topological polar surface area (TPSA) is 68.0 Å². The largest absolute Gasteiger partial charge is 0.411 e. The molecular weight excluding hydrogens is 406 g/mol. The van der Waals surface area contributed by atoms with Crippen LogP contribution in [0.4, 0.5) is 0 Å². The van der Waals surface area contributed by atoms with Crippen LogP contribution in [-0.4, -0.2) is 28.4 Å². The molecule has 4 rings (SSSR count). The van der Waals surface area contributed by atoms with E-state index in [9.17, 15) is 4.79 Å². The number of aromatic nitrogens is 2. The molecule has 0 aliphatic carbocycles. The summed E-state index contributed by atoms with van der Waals surface area (Å²) >= 11 is 1.24. The van der Waals surface area contributed by atoms with E-state index in [0.29, 0.717) is 17.7 Å². The fourth-order valence-corrected chi connectivity index (χ4v) is 3.99. The van der Waals surface area contributed by atoms with Gasteiger partial charge in [0.2, 0.25) is 11.8 Å². The first-order valence-electron chi connectivity index (χ1n) is 10.2. The first-order chi connectivity index (χ1) is 15.3. The third-order valence-electron chi connectivity index (χ3n) is 4.91. The van der Waals surface area contributed by atoms with Gasteiger partial charge in [-0.2, -0.15) is 0 Å². The van der Waals surface area contributed by atoms with Crippen molar-refractivity contribution in [3.8, 4) is 11.5 Å². The molecule has 0 atom stereocenters. The summed E-state index contributed by atoms with van der Waals surface area (Å²) in [7, 11) is 0. The van der Waals surface area contributed by atoms with Crippen LogP contribution in [-0.2, 0) is 4.79 Å². The number of hydrogen-bond acceptors (Lipinski definition) is 5. The molecule has 0 fully saturated rings. The van der Waals surface area contributed by atoms with Crippen molar-refractivity contribution in [3.05, 3.63) is 102 Å². The molecule has 4 aromatic rings. The van der Waals surface area contributed by atoms with Crippen LogP contribution < -0.4 is 5.32 Å². The van der Waals surface area contributed by atoms with Crippen molar-refractivity contribution < 1.29 is 9.21 Å². The summed E-state index contributed by atoms with van der Waals surface area (Å²) in [6.07, 6.45) is 0.823. The minimum atomic E-state index is -0.0515. The molecule has 5 nitrogen and oxygen atoms in total. The third kappa shape index (κ3) is 5.83. The average molecular weight is 430 g/mol. The van der Waals surface area contributed by atoms with E-state index in [1.165, 1.54) is 22.9 Å². The molecule has 1 heterocycles. The number of benzene rings is 3. The maximum atomic E-state index is 12.3. The Kier molecular flexibility index (Phi) is 7.13. The van der Waals surface area contributed by atoms with Crippen molar-refractivity contribution >= 4 is 17.7 Å². The summed E-state index contributed by atoms with van der Waals surface area (Å²) in [6, 6.07) is 30.4. The van der Waals surface area contributed by atoms with Crippen LogP contribution in [0.25, 0.3) is 11.5 Å². The molecule has 156 valence electrons. The Labute approximate surface area is 185 Å². The van der Waals surface area contributed by atoms with E-state index in [-0.39, 0.29) is 17.6 Å². The number of carbonyl (C=O) groups is 1. The molecule has 0 aliphatic rings. The molecule has 6 heteroatoms. The Morgan fingerprint density at radius 2 is 1.42 bits per heavy atom. The van der Waals surface area contributed by atoms with E-state index < -0.39 is 0 Å². The summed E-state index contributed by atoms with van der Waals surface area (Å²) in [5, 5.41) is 11.5. The van der Waals surface area contributed by atoms with E-state index in [4.69, 9.17) is 4.42 Å². The lowest BCUT2D eigenvalue weighted by Crippen LogP contribution is -2.27. The van der Waals surface area contributed by atoms with Gasteiger partial charge in [-0.15, -0.1) is 10.2 Å². The smallest absolute Gasteiger partial charge is 0.277 e. The molecular formula is C25H23N3O2S. The second-order valence-electron chi connectivity index (χ2n) is 7.04. The molecule has 0 spiro atoms. The Hall–Kier alpha value is -3.38. The highest BCUT2D eigenvalue weighted by atomic mass is 32.2. The fraction of sp³-hybridized carbons (Fsp3) is 0.160. The zero-order valence-electron chi connectivity index (χ0n) is 17.0. The summed E-state index contributed by atoms with van der Waals surface area (Å²) in [6.45, 7) is 0.590. The molecule has 3 aromatic carbocycles. The molecule has 0 saturated carbocycles. The lowest BCUT2D eigenvalue weighted by atomic mass is 9.88. The lowest BCUT2D eigenvalue weighted by molar-refractivity contribution is -0.118. The maximum Gasteiger partial charge on any atom is 0.277 e. The van der Waals surface area contributed by atoms with Gasteiger partial charge in [0.05, 0.1) is 5.75 Å². The number of hydrogen-bond donors (Lipinski definition) is 1. The van der Waals surface area contributed by atoms with Gasteiger partial charge in [0.1, 0.15) is 0 Å². The monoisotopic (exact) mass is 429 g/mol. The molecule has 0 unspecified atom stereocenters. The lowest BCUT2D eigenvalue weighted by Gasteiger charge is -2.18. The van der Waals surface area contributed by atoms with Crippen LogP contribution in [0.5, 0.6) is 0 Å². The zero-order valence-corrected chi connectivity index (χ0v) is 17.8. The Morgan fingerprint density at radius 1 is 0.839 bits per heavy atom. The van der Waals surface area contributed by atoms with Crippen LogP contribution in [0.2, 0.25) is 0 Å². The summed E-state index contributed by atoms with van der Waals surface area (Å²) < 4.78 is 5.64. The zero-order chi connectivity index (χ0) is 21.3. The third-order valence-corrected chi connectivity index (χ3v) is 5.73. The second kappa shape index (κ2) is 10.6. The summed E-state index contributed by atoms with van der Waals surface area (Å²) in [4.78, 5) is 12.3. The molecule has 1 N–H and O–H groups in total. The van der Waals surface area contributed by atoms with Gasteiger partial charge in [-0.05, 0) is 29.7 Å². The Balaban J connectivity index is 1.29. The summed E-state index contributed by atoms with van der Waals surface area (Å²) in [5.74, 6) is 0.874. The van der Waals surface area contributed by atoms with Gasteiger partial charge in [-0.3, -0.25) is 4.79 Å². The van der Waals surface area contributed by atoms with E-state index in [0.717, 1.165) is 12.0 Å². The van der Waals surface area contributed by atoms with Crippen LogP contribution in [0.15, 0.2) is 101 Å². The Bertz CT molecular complexity index is 1050. The van der Waals surface area contributed by atoms with Crippen LogP contribution in [0.1, 0.15) is 23.5 Å². The predicted octanol–water partition coefficient (Wildman–Crippen LogP) is 5.17. The number of carbonyl (C=O) groups excluding carboxylic acids is 1. The molecule has 1 aromatic heterocycles. The standard InChI is InChI=1S/C25H23N3O2S/c29-23(18-31-25-28-27-24(30-25)21-14-8-3-9-15-21)26-17-16-22(19-10-4-1-5-11-19)20-12-6-2-7-13-20/h1-15,22H,16-18H2,(H,26,29). The minimum Gasteiger partial charge on any atom is -0.411 e. The van der Waals surface area contributed by atoms with E-state index in [2.05, 4.69) is 64.0 Å². The number of amides is 1. The number of nitrogens with zero attached hydrogens (tertiary/aromatic N) is 2. The number of rotatable bonds is 9. The quantitative estimate of drug-likeness (QED) is 0.372. The van der Waals surface area contributed by atoms with Crippen LogP contribution in [0.3, 0.4) is 0 Å². The number of thioether (sulfide) groups is 1. The molecule has 0 radical (unpaired) electrons. The molecule has 0 saturated heterocycles. The highest BCUT2D eigenvalue weighted by Crippen LogP contribution is 2.27. The van der Waals surface area contributed by atoms with Crippen molar-refractivity contribution in [2.75, 3.05) is 12.3 Å². The molecule has 0 bridgehead atoms. The molecule has 0 aliphatic heterocycles. The van der Waals surface area contributed by atoms with E-state index in [1.807, 2.05) is 42.5 Å². The Morgan fingerprint density at radius 3 is 2.03 bits per heavy atom. The van der Waals surface area contributed by atoms with Crippen molar-refractivity contribution in [2.24, 2.45) is 0 Å². The average Bonchev–Trinajstić information content (AvgIpc) is 3.31. The molecule has 1 amide bonds. The number of nitrogens with one attached hydrogen (secondary N) is 1. The summed E-state index contributed by atoms with van der Waals surface area (Å²) in [5.41, 5.74) is 3.35. The molecule has 31 heavy (non-hydrogen) atoms.